The molecule has 0 aliphatic rings. The van der Waals surface area contributed by atoms with E-state index in [1.165, 1.54) is 22.2 Å². The highest BCUT2D eigenvalue weighted by Gasteiger charge is 2.22. The number of likely N-dealkylation sites (N-methyl/N-ethyl adjacent to an activating group) is 1. The zero-order valence-corrected chi connectivity index (χ0v) is 18.8. The minimum atomic E-state index is -0.207. The van der Waals surface area contributed by atoms with Crippen molar-refractivity contribution >= 4 is 44.2 Å². The van der Waals surface area contributed by atoms with Gasteiger partial charge in [0, 0.05) is 29.4 Å². The second-order valence-corrected chi connectivity index (χ2v) is 8.67. The summed E-state index contributed by atoms with van der Waals surface area (Å²) in [5, 5.41) is 1.25. The van der Waals surface area contributed by atoms with E-state index < -0.39 is 0 Å². The van der Waals surface area contributed by atoms with Crippen molar-refractivity contribution in [1.29, 1.82) is 0 Å². The van der Waals surface area contributed by atoms with Crippen molar-refractivity contribution in [2.75, 3.05) is 32.1 Å². The molecule has 0 saturated carbocycles. The average molecular weight is 434 g/mol. The van der Waals surface area contributed by atoms with Crippen molar-refractivity contribution in [3.63, 3.8) is 0 Å². The molecule has 29 heavy (non-hydrogen) atoms. The summed E-state index contributed by atoms with van der Waals surface area (Å²) in [6.45, 7) is 6.46. The standard InChI is InChI=1S/C20H24ClN5O2S/c1-12-14(3)22-11-25(19(12)28)10-17(27)26(9-8-24(4)5)20-23-18-13(2)15(21)6-7-16(18)29-20/h6-7,11H,8-10H2,1-5H3. The van der Waals surface area contributed by atoms with Gasteiger partial charge in [0.25, 0.3) is 5.56 Å². The Hall–Kier alpha value is -2.29. The first-order valence-electron chi connectivity index (χ1n) is 9.22. The summed E-state index contributed by atoms with van der Waals surface area (Å²) in [6, 6.07) is 3.76. The number of amides is 1. The first kappa shape index (κ1) is 21.4. The minimum absolute atomic E-state index is 0.0873. The molecule has 0 atom stereocenters. The van der Waals surface area contributed by atoms with Crippen molar-refractivity contribution in [2.45, 2.75) is 27.3 Å². The van der Waals surface area contributed by atoms with Crippen LogP contribution in [0.2, 0.25) is 5.02 Å². The number of nitrogens with zero attached hydrogens (tertiary/aromatic N) is 5. The summed E-state index contributed by atoms with van der Waals surface area (Å²) in [5.74, 6) is -0.207. The van der Waals surface area contributed by atoms with Crippen LogP contribution in [0.3, 0.4) is 0 Å². The van der Waals surface area contributed by atoms with Crippen LogP contribution >= 0.6 is 22.9 Å². The van der Waals surface area contributed by atoms with Crippen molar-refractivity contribution in [3.05, 3.63) is 50.7 Å². The maximum Gasteiger partial charge on any atom is 0.256 e. The molecule has 3 rings (SSSR count). The summed E-state index contributed by atoms with van der Waals surface area (Å²) < 4.78 is 2.32. The maximum atomic E-state index is 13.2. The third kappa shape index (κ3) is 4.49. The molecule has 3 aromatic rings. The van der Waals surface area contributed by atoms with Gasteiger partial charge in [-0.15, -0.1) is 0 Å². The highest BCUT2D eigenvalue weighted by atomic mass is 35.5. The fourth-order valence-corrected chi connectivity index (χ4v) is 4.07. The second kappa shape index (κ2) is 8.61. The molecule has 0 aliphatic heterocycles. The molecule has 1 aromatic carbocycles. The van der Waals surface area contributed by atoms with E-state index in [0.717, 1.165) is 15.8 Å². The molecule has 0 unspecified atom stereocenters. The van der Waals surface area contributed by atoms with Gasteiger partial charge in [-0.25, -0.2) is 9.97 Å². The first-order valence-corrected chi connectivity index (χ1v) is 10.4. The molecular formula is C20H24ClN5O2S. The summed E-state index contributed by atoms with van der Waals surface area (Å²) >= 11 is 7.67. The lowest BCUT2D eigenvalue weighted by atomic mass is 10.2. The van der Waals surface area contributed by atoms with Crippen LogP contribution in [-0.4, -0.2) is 52.5 Å². The molecule has 0 radical (unpaired) electrons. The third-order valence-electron chi connectivity index (χ3n) is 4.86. The largest absolute Gasteiger partial charge is 0.308 e. The number of carbonyl (C=O) groups is 1. The van der Waals surface area contributed by atoms with Crippen LogP contribution in [0, 0.1) is 20.8 Å². The molecule has 0 N–H and O–H groups in total. The van der Waals surface area contributed by atoms with E-state index in [4.69, 9.17) is 11.6 Å². The number of aromatic nitrogens is 3. The molecule has 7 nitrogen and oxygen atoms in total. The van der Waals surface area contributed by atoms with Gasteiger partial charge in [0.2, 0.25) is 5.91 Å². The van der Waals surface area contributed by atoms with E-state index in [2.05, 4.69) is 9.97 Å². The number of aryl methyl sites for hydroxylation is 2. The summed E-state index contributed by atoms with van der Waals surface area (Å²) in [5.41, 5.74) is 2.70. The Morgan fingerprint density at radius 2 is 1.90 bits per heavy atom. The van der Waals surface area contributed by atoms with Crippen molar-refractivity contribution in [3.8, 4) is 0 Å². The molecule has 1 amide bonds. The Morgan fingerprint density at radius 3 is 2.59 bits per heavy atom. The fraction of sp³-hybridized carbons (Fsp3) is 0.400. The van der Waals surface area contributed by atoms with Crippen LogP contribution in [0.15, 0.2) is 23.3 Å². The van der Waals surface area contributed by atoms with Gasteiger partial charge in [-0.2, -0.15) is 0 Å². The highest BCUT2D eigenvalue weighted by molar-refractivity contribution is 7.22. The SMILES string of the molecule is Cc1ncn(CC(=O)N(CCN(C)C)c2nc3c(C)c(Cl)ccc3s2)c(=O)c1C. The quantitative estimate of drug-likeness (QED) is 0.597. The summed E-state index contributed by atoms with van der Waals surface area (Å²) in [6.07, 6.45) is 1.43. The van der Waals surface area contributed by atoms with Gasteiger partial charge in [0.05, 0.1) is 16.5 Å². The van der Waals surface area contributed by atoms with Gasteiger partial charge < -0.3 is 4.90 Å². The molecule has 0 spiro atoms. The number of hydrogen-bond donors (Lipinski definition) is 0. The van der Waals surface area contributed by atoms with Crippen LogP contribution in [-0.2, 0) is 11.3 Å². The van der Waals surface area contributed by atoms with Gasteiger partial charge in [-0.1, -0.05) is 22.9 Å². The van der Waals surface area contributed by atoms with Gasteiger partial charge in [-0.05, 0) is 52.6 Å². The molecule has 0 fully saturated rings. The summed E-state index contributed by atoms with van der Waals surface area (Å²) in [4.78, 5) is 38.2. The molecular weight excluding hydrogens is 410 g/mol. The number of thiazole rings is 1. The Balaban J connectivity index is 1.97. The number of fused-ring (bicyclic) bond motifs is 1. The van der Waals surface area contributed by atoms with Crippen molar-refractivity contribution < 1.29 is 4.79 Å². The van der Waals surface area contributed by atoms with Crippen LogP contribution in [0.4, 0.5) is 5.13 Å². The molecule has 2 heterocycles. The number of carbonyl (C=O) groups excluding carboxylic acids is 1. The predicted molar refractivity (Wildman–Crippen MR) is 118 cm³/mol. The van der Waals surface area contributed by atoms with Gasteiger partial charge >= 0.3 is 0 Å². The third-order valence-corrected chi connectivity index (χ3v) is 6.31. The average Bonchev–Trinajstić information content (AvgIpc) is 3.10. The number of benzene rings is 1. The number of halogens is 1. The molecule has 0 bridgehead atoms. The maximum absolute atomic E-state index is 13.2. The van der Waals surface area contributed by atoms with Crippen molar-refractivity contribution in [2.24, 2.45) is 0 Å². The molecule has 0 aliphatic carbocycles. The topological polar surface area (TPSA) is 71.3 Å². The fourth-order valence-electron chi connectivity index (χ4n) is 2.85. The van der Waals surface area contributed by atoms with Crippen LogP contribution in [0.25, 0.3) is 10.2 Å². The van der Waals surface area contributed by atoms with E-state index >= 15 is 0 Å². The lowest BCUT2D eigenvalue weighted by Gasteiger charge is -2.22. The monoisotopic (exact) mass is 433 g/mol. The predicted octanol–water partition coefficient (Wildman–Crippen LogP) is 3.03. The number of hydrogen-bond acceptors (Lipinski definition) is 6. The Bertz CT molecular complexity index is 1120. The Morgan fingerprint density at radius 1 is 1.17 bits per heavy atom. The molecule has 0 saturated heterocycles. The number of anilines is 1. The van der Waals surface area contributed by atoms with Gasteiger partial charge in [-0.3, -0.25) is 19.1 Å². The van der Waals surface area contributed by atoms with E-state index in [9.17, 15) is 9.59 Å². The van der Waals surface area contributed by atoms with Crippen molar-refractivity contribution in [1.82, 2.24) is 19.4 Å². The number of rotatable bonds is 6. The van der Waals surface area contributed by atoms with Gasteiger partial charge in [0.1, 0.15) is 6.54 Å². The van der Waals surface area contributed by atoms with E-state index in [-0.39, 0.29) is 18.0 Å². The van der Waals surface area contributed by atoms with E-state index in [1.807, 2.05) is 38.1 Å². The van der Waals surface area contributed by atoms with Crippen LogP contribution in [0.5, 0.6) is 0 Å². The Labute approximate surface area is 178 Å². The zero-order valence-electron chi connectivity index (χ0n) is 17.2. The summed E-state index contributed by atoms with van der Waals surface area (Å²) in [7, 11) is 3.89. The minimum Gasteiger partial charge on any atom is -0.308 e. The van der Waals surface area contributed by atoms with E-state index in [1.54, 1.807) is 18.7 Å². The first-order chi connectivity index (χ1) is 13.7. The van der Waals surface area contributed by atoms with Gasteiger partial charge in [0.15, 0.2) is 5.13 Å². The molecule has 2 aromatic heterocycles. The molecule has 154 valence electrons. The normalized spacial score (nSPS) is 11.4. The van der Waals surface area contributed by atoms with Crippen LogP contribution in [0.1, 0.15) is 16.8 Å². The lowest BCUT2D eigenvalue weighted by molar-refractivity contribution is -0.119. The van der Waals surface area contributed by atoms with E-state index in [0.29, 0.717) is 34.5 Å². The zero-order chi connectivity index (χ0) is 21.3. The lowest BCUT2D eigenvalue weighted by Crippen LogP contribution is -2.40. The molecule has 9 heteroatoms. The second-order valence-electron chi connectivity index (χ2n) is 7.25. The Kier molecular flexibility index (Phi) is 6.36. The van der Waals surface area contributed by atoms with Crippen LogP contribution < -0.4 is 10.5 Å². The highest BCUT2D eigenvalue weighted by Crippen LogP contribution is 2.33. The smallest absolute Gasteiger partial charge is 0.256 e.